The predicted molar refractivity (Wildman–Crippen MR) is 261 cm³/mol. The molecular weight excluding hydrogens is 735 g/mol. The fraction of sp³-hybridized carbons (Fsp3) is 0. The smallest absolute Gasteiger partial charge is 0.252 e. The summed E-state index contributed by atoms with van der Waals surface area (Å²) < 4.78 is 0. The van der Waals surface area contributed by atoms with Crippen molar-refractivity contribution in [2.24, 2.45) is 0 Å². The molecule has 11 aromatic rings. The summed E-state index contributed by atoms with van der Waals surface area (Å²) >= 11 is 0. The summed E-state index contributed by atoms with van der Waals surface area (Å²) in [5, 5.41) is 10.1. The zero-order valence-corrected chi connectivity index (χ0v) is 33.3. The Morgan fingerprint density at radius 1 is 0.279 bits per heavy atom. The molecule has 13 rings (SSSR count). The Kier molecular flexibility index (Phi) is 7.43. The van der Waals surface area contributed by atoms with Gasteiger partial charge in [0.25, 0.3) is 6.71 Å². The second-order valence-electron chi connectivity index (χ2n) is 16.4. The molecule has 2 heterocycles. The molecule has 3 heteroatoms. The highest BCUT2D eigenvalue weighted by molar-refractivity contribution is 7.00. The normalized spacial score (nSPS) is 12.8. The Balaban J connectivity index is 0.965. The van der Waals surface area contributed by atoms with Crippen LogP contribution in [0.1, 0.15) is 0 Å². The van der Waals surface area contributed by atoms with Crippen molar-refractivity contribution in [3.05, 3.63) is 224 Å². The van der Waals surface area contributed by atoms with E-state index in [1.807, 2.05) is 0 Å². The molecule has 2 aliphatic heterocycles. The quantitative estimate of drug-likeness (QED) is 0.130. The van der Waals surface area contributed by atoms with Gasteiger partial charge < -0.3 is 9.80 Å². The van der Waals surface area contributed by atoms with Crippen molar-refractivity contribution in [2.75, 3.05) is 9.80 Å². The summed E-state index contributed by atoms with van der Waals surface area (Å²) in [6.45, 7) is 0.0914. The molecule has 0 amide bonds. The average Bonchev–Trinajstić information content (AvgIpc) is 3.32. The summed E-state index contributed by atoms with van der Waals surface area (Å²) in [6, 6.07) is 83.1. The van der Waals surface area contributed by atoms with E-state index in [1.54, 1.807) is 0 Å². The predicted octanol–water partition coefficient (Wildman–Crippen LogP) is 13.7. The van der Waals surface area contributed by atoms with Crippen molar-refractivity contribution in [1.29, 1.82) is 0 Å². The highest BCUT2D eigenvalue weighted by Crippen LogP contribution is 2.46. The molecule has 0 spiro atoms. The first kappa shape index (κ1) is 34.0. The van der Waals surface area contributed by atoms with E-state index in [1.165, 1.54) is 104 Å². The molecule has 11 aromatic carbocycles. The van der Waals surface area contributed by atoms with Gasteiger partial charge in [-0.05, 0) is 142 Å². The molecule has 0 radical (unpaired) electrons. The number of para-hydroxylation sites is 2. The van der Waals surface area contributed by atoms with Crippen LogP contribution in [0.5, 0.6) is 0 Å². The highest BCUT2D eigenvalue weighted by atomic mass is 15.2. The van der Waals surface area contributed by atoms with Gasteiger partial charge >= 0.3 is 0 Å². The molecule has 0 unspecified atom stereocenters. The van der Waals surface area contributed by atoms with E-state index >= 15 is 0 Å². The van der Waals surface area contributed by atoms with Crippen LogP contribution in [-0.4, -0.2) is 6.71 Å². The molecular formula is C58H37BN2. The minimum absolute atomic E-state index is 0.0914. The molecule has 61 heavy (non-hydrogen) atoms. The van der Waals surface area contributed by atoms with Crippen LogP contribution in [0.2, 0.25) is 0 Å². The van der Waals surface area contributed by atoms with Gasteiger partial charge in [0, 0.05) is 34.1 Å². The summed E-state index contributed by atoms with van der Waals surface area (Å²) in [4.78, 5) is 4.97. The lowest BCUT2D eigenvalue weighted by molar-refractivity contribution is 1.25. The maximum atomic E-state index is 2.48. The van der Waals surface area contributed by atoms with Crippen molar-refractivity contribution in [3.63, 3.8) is 0 Å². The molecule has 0 saturated heterocycles. The summed E-state index contributed by atoms with van der Waals surface area (Å²) in [6.07, 6.45) is 0. The molecule has 282 valence electrons. The van der Waals surface area contributed by atoms with E-state index in [4.69, 9.17) is 0 Å². The van der Waals surface area contributed by atoms with Crippen molar-refractivity contribution in [1.82, 2.24) is 0 Å². The van der Waals surface area contributed by atoms with Crippen molar-refractivity contribution in [2.45, 2.75) is 0 Å². The van der Waals surface area contributed by atoms with Gasteiger partial charge in [-0.15, -0.1) is 0 Å². The number of benzene rings is 11. The SMILES string of the molecule is c1ccc2c(c1)B1c3ccccc3N(c3ccc(-c4c5ccccc5cc5ccccc45)cc3)c3cccc(c31)N2c1ccc(-c2c3ccccc3cc3ccccc23)cc1. The second kappa shape index (κ2) is 13.3. The van der Waals surface area contributed by atoms with Gasteiger partial charge in [-0.2, -0.15) is 0 Å². The topological polar surface area (TPSA) is 6.48 Å². The van der Waals surface area contributed by atoms with Crippen LogP contribution in [0, 0.1) is 0 Å². The average molecular weight is 773 g/mol. The third kappa shape index (κ3) is 5.11. The number of fused-ring (bicyclic) bond motifs is 8. The number of nitrogens with zero attached hydrogens (tertiary/aromatic N) is 2. The van der Waals surface area contributed by atoms with Crippen molar-refractivity contribution in [3.8, 4) is 22.3 Å². The van der Waals surface area contributed by atoms with Gasteiger partial charge in [-0.3, -0.25) is 0 Å². The molecule has 2 aliphatic rings. The van der Waals surface area contributed by atoms with E-state index < -0.39 is 0 Å². The highest BCUT2D eigenvalue weighted by Gasteiger charge is 2.42. The van der Waals surface area contributed by atoms with Crippen LogP contribution in [0.3, 0.4) is 0 Å². The van der Waals surface area contributed by atoms with E-state index in [2.05, 4.69) is 234 Å². The molecule has 0 bridgehead atoms. The molecule has 0 saturated carbocycles. The molecule has 0 aliphatic carbocycles. The van der Waals surface area contributed by atoms with E-state index in [-0.39, 0.29) is 6.71 Å². The van der Waals surface area contributed by atoms with Crippen LogP contribution in [0.4, 0.5) is 34.1 Å². The Bertz CT molecular complexity index is 3210. The first-order valence-electron chi connectivity index (χ1n) is 21.2. The fourth-order valence-corrected chi connectivity index (χ4v) is 10.6. The van der Waals surface area contributed by atoms with Gasteiger partial charge in [-0.1, -0.05) is 164 Å². The molecule has 0 N–H and O–H groups in total. The van der Waals surface area contributed by atoms with Crippen molar-refractivity contribution >= 4 is 100 Å². The Labute approximate surface area is 355 Å². The van der Waals surface area contributed by atoms with Gasteiger partial charge in [0.2, 0.25) is 0 Å². The van der Waals surface area contributed by atoms with Crippen molar-refractivity contribution < 1.29 is 0 Å². The summed E-state index contributed by atoms with van der Waals surface area (Å²) in [7, 11) is 0. The van der Waals surface area contributed by atoms with Gasteiger partial charge in [-0.25, -0.2) is 0 Å². The lowest BCUT2D eigenvalue weighted by Gasteiger charge is -2.44. The molecule has 2 nitrogen and oxygen atoms in total. The molecule has 0 aromatic heterocycles. The first-order valence-corrected chi connectivity index (χ1v) is 21.2. The maximum absolute atomic E-state index is 2.48. The number of anilines is 6. The number of hydrogen-bond acceptors (Lipinski definition) is 2. The van der Waals surface area contributed by atoms with Crippen LogP contribution < -0.4 is 26.2 Å². The van der Waals surface area contributed by atoms with Crippen LogP contribution >= 0.6 is 0 Å². The van der Waals surface area contributed by atoms with Crippen LogP contribution in [-0.2, 0) is 0 Å². The Hall–Kier alpha value is -7.88. The Morgan fingerprint density at radius 2 is 0.607 bits per heavy atom. The summed E-state index contributed by atoms with van der Waals surface area (Å²) in [5.41, 5.74) is 16.1. The monoisotopic (exact) mass is 772 g/mol. The first-order chi connectivity index (χ1) is 30.3. The van der Waals surface area contributed by atoms with Gasteiger partial charge in [0.1, 0.15) is 0 Å². The van der Waals surface area contributed by atoms with Gasteiger partial charge in [0.05, 0.1) is 0 Å². The minimum atomic E-state index is 0.0914. The standard InChI is InChI=1S/C58H37BN2/c1-5-18-46-40(14-1)36-41-15-2-6-19-47(41)56(46)38-28-32-44(33-29-38)60-52-24-11-9-22-50(52)59-51-23-10-12-25-53(51)61(55-27-13-26-54(60)58(55)59)45-34-30-39(31-35-45)57-48-20-7-3-16-42(48)37-43-17-4-8-21-49(43)57/h1-37H. The lowest BCUT2D eigenvalue weighted by atomic mass is 9.33. The number of hydrogen-bond donors (Lipinski definition) is 0. The maximum Gasteiger partial charge on any atom is 0.252 e. The van der Waals surface area contributed by atoms with Gasteiger partial charge in [0.15, 0.2) is 0 Å². The summed E-state index contributed by atoms with van der Waals surface area (Å²) in [5.74, 6) is 0. The largest absolute Gasteiger partial charge is 0.311 e. The molecule has 0 atom stereocenters. The lowest BCUT2D eigenvalue weighted by Crippen LogP contribution is -2.61. The number of rotatable bonds is 4. The van der Waals surface area contributed by atoms with E-state index in [0.717, 1.165) is 11.4 Å². The third-order valence-corrected chi connectivity index (χ3v) is 13.2. The van der Waals surface area contributed by atoms with Crippen LogP contribution in [0.25, 0.3) is 65.3 Å². The zero-order chi connectivity index (χ0) is 40.0. The minimum Gasteiger partial charge on any atom is -0.311 e. The molecule has 0 fully saturated rings. The van der Waals surface area contributed by atoms with E-state index in [9.17, 15) is 0 Å². The Morgan fingerprint density at radius 3 is 1.00 bits per heavy atom. The van der Waals surface area contributed by atoms with E-state index in [0.29, 0.717) is 0 Å². The third-order valence-electron chi connectivity index (χ3n) is 13.2. The zero-order valence-electron chi connectivity index (χ0n) is 33.3. The van der Waals surface area contributed by atoms with Crippen LogP contribution in [0.15, 0.2) is 224 Å². The second-order valence-corrected chi connectivity index (χ2v) is 16.4. The fourth-order valence-electron chi connectivity index (χ4n) is 10.6.